The second kappa shape index (κ2) is 34.2. The summed E-state index contributed by atoms with van der Waals surface area (Å²) in [5, 5.41) is 17.1. The van der Waals surface area contributed by atoms with Crippen molar-refractivity contribution in [2.24, 2.45) is 0 Å². The van der Waals surface area contributed by atoms with Crippen molar-refractivity contribution >= 4 is 54.5 Å². The van der Waals surface area contributed by atoms with E-state index in [2.05, 4.69) is 51.6 Å². The number of hydrogen-bond acceptors (Lipinski definition) is 19. The molecule has 0 aromatic heterocycles. The van der Waals surface area contributed by atoms with Gasteiger partial charge in [-0.3, -0.25) is 4.90 Å². The Hall–Kier alpha value is -9.13. The lowest BCUT2D eigenvalue weighted by molar-refractivity contribution is -0.140. The van der Waals surface area contributed by atoms with Crippen LogP contribution in [0.15, 0.2) is 109 Å². The smallest absolute Gasteiger partial charge is 0.407 e. The molecule has 91 heavy (non-hydrogen) atoms. The van der Waals surface area contributed by atoms with Gasteiger partial charge in [-0.05, 0) is 137 Å². The number of benzene rings is 3. The summed E-state index contributed by atoms with van der Waals surface area (Å²) in [4.78, 5) is 115. The first-order chi connectivity index (χ1) is 42.3. The molecule has 0 unspecified atom stereocenters. The fourth-order valence-electron chi connectivity index (χ4n) is 8.38. The number of hydrogen-bond donors (Lipinski definition) is 6. The molecule has 0 saturated carbocycles. The predicted octanol–water partition coefficient (Wildman–Crippen LogP) is 9.51. The molecule has 0 aliphatic rings. The lowest BCUT2D eigenvalue weighted by atomic mass is 9.87. The van der Waals surface area contributed by atoms with E-state index < -0.39 is 87.7 Å². The number of amides is 6. The summed E-state index contributed by atoms with van der Waals surface area (Å²) in [6, 6.07) is 21.7. The first-order valence-electron chi connectivity index (χ1n) is 29.5. The SMILES string of the molecule is C=C(C)C(=O)OCCOC(=O)NC(C)(C)c1cccc(C(C)(C)NC(=O)OCCN(CCOC(=O)NC(C)(C)c2cccc(C(C)(C)NC(=O)OCCOC(=O)C(=C)C)c2)CCOC(=O)NC(C)(C)c2cccc(C(C)(C)NC(=O)OCCOC(=O)C(=C)C)c2)c1. The Labute approximate surface area is 534 Å². The summed E-state index contributed by atoms with van der Waals surface area (Å²) in [6.07, 6.45) is -4.45. The van der Waals surface area contributed by atoms with E-state index in [1.54, 1.807) is 106 Å². The summed E-state index contributed by atoms with van der Waals surface area (Å²) in [7, 11) is 0. The molecule has 0 aliphatic carbocycles. The van der Waals surface area contributed by atoms with Crippen LogP contribution in [0.1, 0.15) is 137 Å². The van der Waals surface area contributed by atoms with Crippen molar-refractivity contribution in [1.82, 2.24) is 36.8 Å². The second-order valence-electron chi connectivity index (χ2n) is 24.6. The molecule has 3 aromatic carbocycles. The molecule has 25 heteroatoms. The van der Waals surface area contributed by atoms with Crippen molar-refractivity contribution in [3.8, 4) is 0 Å². The average Bonchev–Trinajstić information content (AvgIpc) is 1.32. The first kappa shape index (κ1) is 76.1. The van der Waals surface area contributed by atoms with E-state index in [1.165, 1.54) is 20.8 Å². The standard InChI is InChI=1S/C66H93N7O18/c1-43(2)52(74)83-34-37-89-58(80)70-64(13,14)49-25-19-22-46(40-49)61(7,8)67-55(77)86-31-28-73(29-32-87-56(78)68-62(9,10)47-23-20-26-50(41-47)65(15,16)71-59(81)90-38-35-84-53(75)44(3)4)30-33-88-57(79)69-63(11,12)48-24-21-27-51(42-48)66(17,18)72-60(82)91-39-36-85-54(76)45(5)6/h19-27,40-42H,1,3,5,28-39H2,2,4,6-18H3,(H,67,77)(H,68,78)(H,69,79)(H,70,80)(H,71,81)(H,72,82). The lowest BCUT2D eigenvalue weighted by Crippen LogP contribution is -2.45. The summed E-state index contributed by atoms with van der Waals surface area (Å²) in [5.41, 5.74) is -0.978. The number of nitrogens with one attached hydrogen (secondary N) is 6. The first-order valence-corrected chi connectivity index (χ1v) is 29.5. The topological polar surface area (TPSA) is 312 Å². The molecule has 0 heterocycles. The van der Waals surface area contributed by atoms with Crippen molar-refractivity contribution in [3.63, 3.8) is 0 Å². The number of rotatable bonds is 33. The van der Waals surface area contributed by atoms with E-state index in [0.717, 1.165) is 0 Å². The molecular formula is C66H93N7O18. The molecule has 6 N–H and O–H groups in total. The molecule has 3 aromatic rings. The zero-order valence-corrected chi connectivity index (χ0v) is 55.3. The van der Waals surface area contributed by atoms with E-state index in [1.807, 2.05) is 54.6 Å². The number of esters is 3. The average molecular weight is 1270 g/mol. The van der Waals surface area contributed by atoms with Gasteiger partial charge in [-0.25, -0.2) is 43.2 Å². The Morgan fingerprint density at radius 2 is 0.473 bits per heavy atom. The van der Waals surface area contributed by atoms with Crippen molar-refractivity contribution in [2.45, 2.75) is 137 Å². The fourth-order valence-corrected chi connectivity index (χ4v) is 8.38. The molecule has 0 bridgehead atoms. The minimum Gasteiger partial charge on any atom is -0.459 e. The largest absolute Gasteiger partial charge is 0.459 e. The monoisotopic (exact) mass is 1270 g/mol. The number of alkyl carbamates (subject to hydrolysis) is 6. The summed E-state index contributed by atoms with van der Waals surface area (Å²) >= 11 is 0. The Morgan fingerprint density at radius 1 is 0.308 bits per heavy atom. The fraction of sp³-hybridized carbons (Fsp3) is 0.500. The minimum atomic E-state index is -0.985. The van der Waals surface area contributed by atoms with Crippen LogP contribution in [0.5, 0.6) is 0 Å². The Morgan fingerprint density at radius 3 is 0.648 bits per heavy atom. The molecule has 0 radical (unpaired) electrons. The van der Waals surface area contributed by atoms with Crippen LogP contribution in [0, 0.1) is 0 Å². The number of carbonyl (C=O) groups is 9. The van der Waals surface area contributed by atoms with Gasteiger partial charge in [0.2, 0.25) is 0 Å². The van der Waals surface area contributed by atoms with Gasteiger partial charge in [0.1, 0.15) is 59.5 Å². The van der Waals surface area contributed by atoms with Gasteiger partial charge in [0, 0.05) is 36.4 Å². The van der Waals surface area contributed by atoms with Crippen LogP contribution in [0.25, 0.3) is 0 Å². The van der Waals surface area contributed by atoms with Gasteiger partial charge in [0.25, 0.3) is 0 Å². The molecule has 3 rings (SSSR count). The minimum absolute atomic E-state index is 0.113. The van der Waals surface area contributed by atoms with E-state index in [0.29, 0.717) is 33.4 Å². The third kappa shape index (κ3) is 26.5. The van der Waals surface area contributed by atoms with Gasteiger partial charge in [-0.2, -0.15) is 0 Å². The van der Waals surface area contributed by atoms with Crippen LogP contribution in [0.2, 0.25) is 0 Å². The van der Waals surface area contributed by atoms with Crippen LogP contribution in [-0.2, 0) is 90.2 Å². The van der Waals surface area contributed by atoms with Gasteiger partial charge in [-0.15, -0.1) is 0 Å². The van der Waals surface area contributed by atoms with Crippen molar-refractivity contribution in [3.05, 3.63) is 143 Å². The maximum atomic E-state index is 13.5. The zero-order chi connectivity index (χ0) is 68.5. The highest BCUT2D eigenvalue weighted by atomic mass is 16.6. The van der Waals surface area contributed by atoms with Gasteiger partial charge in [-0.1, -0.05) is 92.5 Å². The highest BCUT2D eigenvalue weighted by Crippen LogP contribution is 2.30. The van der Waals surface area contributed by atoms with Crippen LogP contribution < -0.4 is 31.9 Å². The second-order valence-corrected chi connectivity index (χ2v) is 24.6. The summed E-state index contributed by atoms with van der Waals surface area (Å²) in [5.74, 6) is -1.79. The van der Waals surface area contributed by atoms with Gasteiger partial charge in [0.15, 0.2) is 0 Å². The van der Waals surface area contributed by atoms with E-state index in [4.69, 9.17) is 42.6 Å². The molecule has 500 valence electrons. The lowest BCUT2D eigenvalue weighted by Gasteiger charge is -2.31. The maximum absolute atomic E-state index is 13.5. The van der Waals surface area contributed by atoms with Crippen molar-refractivity contribution in [2.75, 3.05) is 79.1 Å². The summed E-state index contributed by atoms with van der Waals surface area (Å²) in [6.45, 7) is 35.4. The molecule has 6 amide bonds. The number of ether oxygens (including phenoxy) is 9. The van der Waals surface area contributed by atoms with E-state index >= 15 is 0 Å². The van der Waals surface area contributed by atoms with E-state index in [-0.39, 0.29) is 95.8 Å². The van der Waals surface area contributed by atoms with Crippen LogP contribution in [0.3, 0.4) is 0 Å². The normalized spacial score (nSPS) is 11.7. The van der Waals surface area contributed by atoms with Gasteiger partial charge in [0.05, 0.1) is 33.2 Å². The molecule has 0 atom stereocenters. The van der Waals surface area contributed by atoms with Crippen LogP contribution in [0.4, 0.5) is 28.8 Å². The highest BCUT2D eigenvalue weighted by Gasteiger charge is 2.32. The van der Waals surface area contributed by atoms with Gasteiger partial charge < -0.3 is 74.5 Å². The number of nitrogens with zero attached hydrogens (tertiary/aromatic N) is 1. The highest BCUT2D eigenvalue weighted by molar-refractivity contribution is 5.87. The van der Waals surface area contributed by atoms with Crippen LogP contribution >= 0.6 is 0 Å². The quantitative estimate of drug-likeness (QED) is 0.0143. The predicted molar refractivity (Wildman–Crippen MR) is 338 cm³/mol. The molecule has 0 fully saturated rings. The molecular weight excluding hydrogens is 1180 g/mol. The Bertz CT molecular complexity index is 2770. The van der Waals surface area contributed by atoms with Crippen LogP contribution in [-0.4, -0.2) is 138 Å². The third-order valence-corrected chi connectivity index (χ3v) is 14.0. The molecule has 25 nitrogen and oxygen atoms in total. The zero-order valence-electron chi connectivity index (χ0n) is 55.3. The maximum Gasteiger partial charge on any atom is 0.407 e. The number of carbonyl (C=O) groups excluding carboxylic acids is 9. The summed E-state index contributed by atoms with van der Waals surface area (Å²) < 4.78 is 47.6. The molecule has 0 aliphatic heterocycles. The van der Waals surface area contributed by atoms with E-state index in [9.17, 15) is 43.2 Å². The Balaban J connectivity index is 1.70. The molecule has 0 spiro atoms. The third-order valence-electron chi connectivity index (χ3n) is 14.0. The Kier molecular flexibility index (Phi) is 28.6. The van der Waals surface area contributed by atoms with Crippen molar-refractivity contribution < 1.29 is 85.8 Å². The van der Waals surface area contributed by atoms with Gasteiger partial charge >= 0.3 is 54.5 Å². The molecule has 0 saturated heterocycles. The van der Waals surface area contributed by atoms with Crippen molar-refractivity contribution in [1.29, 1.82) is 0 Å².